The number of carbonyl (C=O) groups excluding carboxylic acids is 1. The molecule has 0 saturated heterocycles. The van der Waals surface area contributed by atoms with Crippen LogP contribution in [0.25, 0.3) is 0 Å². The van der Waals surface area contributed by atoms with Crippen LogP contribution in [0.4, 0.5) is 5.69 Å². The summed E-state index contributed by atoms with van der Waals surface area (Å²) in [5.74, 6) is 0.187. The van der Waals surface area contributed by atoms with E-state index in [0.717, 1.165) is 19.3 Å². The average Bonchev–Trinajstić information content (AvgIpc) is 2.61. The van der Waals surface area contributed by atoms with Crippen LogP contribution in [-0.2, 0) is 0 Å². The predicted octanol–water partition coefficient (Wildman–Crippen LogP) is 5.69. The summed E-state index contributed by atoms with van der Waals surface area (Å²) in [5.41, 5.74) is 0.987. The van der Waals surface area contributed by atoms with Gasteiger partial charge in [0.05, 0.1) is 22.9 Å². The van der Waals surface area contributed by atoms with Crippen molar-refractivity contribution in [2.24, 2.45) is 0 Å². The van der Waals surface area contributed by atoms with Crippen molar-refractivity contribution in [1.82, 2.24) is 5.32 Å². The third kappa shape index (κ3) is 6.16. The number of para-hydroxylation sites is 1. The van der Waals surface area contributed by atoms with Gasteiger partial charge in [0.2, 0.25) is 0 Å². The molecule has 0 radical (unpaired) electrons. The second-order valence-electron chi connectivity index (χ2n) is 5.58. The van der Waals surface area contributed by atoms with Crippen LogP contribution in [0.5, 0.6) is 5.75 Å². The van der Waals surface area contributed by atoms with Gasteiger partial charge < -0.3 is 10.1 Å². The van der Waals surface area contributed by atoms with Crippen LogP contribution in [0.1, 0.15) is 36.5 Å². The van der Waals surface area contributed by atoms with Gasteiger partial charge in [0.15, 0.2) is 5.11 Å². The van der Waals surface area contributed by atoms with Crippen LogP contribution in [0.15, 0.2) is 42.5 Å². The number of unbranched alkanes of at least 4 members (excludes halogenated alkanes) is 2. The normalized spacial score (nSPS) is 10.3. The molecule has 0 atom stereocenters. The first-order valence-corrected chi connectivity index (χ1v) is 9.47. The highest BCUT2D eigenvalue weighted by molar-refractivity contribution is 7.80. The van der Waals surface area contributed by atoms with E-state index in [1.54, 1.807) is 36.4 Å². The highest BCUT2D eigenvalue weighted by Crippen LogP contribution is 2.25. The first kappa shape index (κ1) is 20.5. The van der Waals surface area contributed by atoms with Crippen LogP contribution in [0.2, 0.25) is 10.0 Å². The number of nitrogens with one attached hydrogen (secondary N) is 2. The molecule has 0 unspecified atom stereocenters. The van der Waals surface area contributed by atoms with Crippen LogP contribution in [-0.4, -0.2) is 17.6 Å². The number of amides is 1. The molecule has 0 saturated carbocycles. The first-order chi connectivity index (χ1) is 12.5. The molecule has 4 nitrogen and oxygen atoms in total. The van der Waals surface area contributed by atoms with Crippen molar-refractivity contribution >= 4 is 52.1 Å². The van der Waals surface area contributed by atoms with Crippen LogP contribution >= 0.6 is 35.4 Å². The first-order valence-electron chi connectivity index (χ1n) is 8.30. The predicted molar refractivity (Wildman–Crippen MR) is 112 cm³/mol. The number of carbonyl (C=O) groups is 1. The molecule has 2 rings (SSSR count). The zero-order valence-electron chi connectivity index (χ0n) is 14.4. The van der Waals surface area contributed by atoms with Crippen LogP contribution < -0.4 is 15.4 Å². The molecule has 0 fully saturated rings. The van der Waals surface area contributed by atoms with Crippen LogP contribution in [0.3, 0.4) is 0 Å². The SMILES string of the molecule is CCCCCOc1ccccc1C(=O)NC(=S)Nc1ccc(Cl)cc1Cl. The van der Waals surface area contributed by atoms with Crippen molar-refractivity contribution in [2.75, 3.05) is 11.9 Å². The molecule has 2 aromatic rings. The zero-order chi connectivity index (χ0) is 18.9. The van der Waals surface area contributed by atoms with E-state index in [0.29, 0.717) is 33.7 Å². The van der Waals surface area contributed by atoms with Gasteiger partial charge in [-0.1, -0.05) is 55.1 Å². The molecule has 0 aliphatic rings. The number of ether oxygens (including phenoxy) is 1. The van der Waals surface area contributed by atoms with E-state index < -0.39 is 0 Å². The number of benzene rings is 2. The van der Waals surface area contributed by atoms with Gasteiger partial charge in [-0.05, 0) is 49.0 Å². The van der Waals surface area contributed by atoms with Crippen LogP contribution in [0, 0.1) is 0 Å². The Hall–Kier alpha value is -1.82. The van der Waals surface area contributed by atoms with Crippen molar-refractivity contribution in [2.45, 2.75) is 26.2 Å². The Morgan fingerprint density at radius 2 is 1.92 bits per heavy atom. The van der Waals surface area contributed by atoms with E-state index >= 15 is 0 Å². The lowest BCUT2D eigenvalue weighted by molar-refractivity contribution is 0.0973. The zero-order valence-corrected chi connectivity index (χ0v) is 16.7. The van der Waals surface area contributed by atoms with Gasteiger partial charge in [0, 0.05) is 5.02 Å². The summed E-state index contributed by atoms with van der Waals surface area (Å²) >= 11 is 17.2. The molecule has 0 spiro atoms. The largest absolute Gasteiger partial charge is 0.493 e. The van der Waals surface area contributed by atoms with Crippen molar-refractivity contribution in [1.29, 1.82) is 0 Å². The number of rotatable bonds is 7. The summed E-state index contributed by atoms with van der Waals surface area (Å²) in [5, 5.41) is 6.59. The fraction of sp³-hybridized carbons (Fsp3) is 0.263. The molecule has 2 aromatic carbocycles. The van der Waals surface area contributed by atoms with Gasteiger partial charge in [0.25, 0.3) is 5.91 Å². The molecule has 0 heterocycles. The Labute approximate surface area is 168 Å². The molecule has 0 aliphatic carbocycles. The van der Waals surface area contributed by atoms with Gasteiger partial charge >= 0.3 is 0 Å². The average molecular weight is 411 g/mol. The Bertz CT molecular complexity index is 784. The van der Waals surface area contributed by atoms with Crippen molar-refractivity contribution in [3.8, 4) is 5.75 Å². The van der Waals surface area contributed by atoms with E-state index in [2.05, 4.69) is 17.6 Å². The number of anilines is 1. The van der Waals surface area contributed by atoms with E-state index in [4.69, 9.17) is 40.2 Å². The lowest BCUT2D eigenvalue weighted by atomic mass is 10.2. The van der Waals surface area contributed by atoms with E-state index in [9.17, 15) is 4.79 Å². The summed E-state index contributed by atoms with van der Waals surface area (Å²) < 4.78 is 5.73. The third-order valence-electron chi connectivity index (χ3n) is 3.54. The summed E-state index contributed by atoms with van der Waals surface area (Å²) in [6.07, 6.45) is 3.14. The second-order valence-corrected chi connectivity index (χ2v) is 6.84. The third-order valence-corrected chi connectivity index (χ3v) is 4.30. The highest BCUT2D eigenvalue weighted by atomic mass is 35.5. The molecule has 0 bridgehead atoms. The topological polar surface area (TPSA) is 50.4 Å². The van der Waals surface area contributed by atoms with Crippen molar-refractivity contribution in [3.63, 3.8) is 0 Å². The minimum absolute atomic E-state index is 0.139. The molecular formula is C19H20Cl2N2O2S. The summed E-state index contributed by atoms with van der Waals surface area (Å²) in [6, 6.07) is 12.0. The molecule has 7 heteroatoms. The molecule has 0 aromatic heterocycles. The summed E-state index contributed by atoms with van der Waals surface area (Å²) in [7, 11) is 0. The summed E-state index contributed by atoms with van der Waals surface area (Å²) in [4.78, 5) is 12.5. The minimum Gasteiger partial charge on any atom is -0.493 e. The lowest BCUT2D eigenvalue weighted by Gasteiger charge is -2.13. The van der Waals surface area contributed by atoms with E-state index in [1.165, 1.54) is 0 Å². The highest BCUT2D eigenvalue weighted by Gasteiger charge is 2.14. The van der Waals surface area contributed by atoms with E-state index in [1.807, 2.05) is 6.07 Å². The molecule has 0 aliphatic heterocycles. The fourth-order valence-corrected chi connectivity index (χ4v) is 2.89. The Morgan fingerprint density at radius 1 is 1.15 bits per heavy atom. The van der Waals surface area contributed by atoms with Gasteiger partial charge in [0.1, 0.15) is 5.75 Å². The fourth-order valence-electron chi connectivity index (χ4n) is 2.23. The van der Waals surface area contributed by atoms with Gasteiger partial charge in [-0.25, -0.2) is 0 Å². The maximum Gasteiger partial charge on any atom is 0.261 e. The monoisotopic (exact) mass is 410 g/mol. The number of hydrogen-bond acceptors (Lipinski definition) is 3. The Kier molecular flexibility index (Phi) is 8.16. The van der Waals surface area contributed by atoms with Crippen molar-refractivity contribution < 1.29 is 9.53 Å². The quantitative estimate of drug-likeness (QED) is 0.454. The molecule has 26 heavy (non-hydrogen) atoms. The molecule has 1 amide bonds. The van der Waals surface area contributed by atoms with E-state index in [-0.39, 0.29) is 11.0 Å². The minimum atomic E-state index is -0.348. The maximum atomic E-state index is 12.5. The number of hydrogen-bond donors (Lipinski definition) is 2. The van der Waals surface area contributed by atoms with Gasteiger partial charge in [-0.15, -0.1) is 0 Å². The standard InChI is InChI=1S/C19H20Cl2N2O2S/c1-2-3-6-11-25-17-8-5-4-7-14(17)18(24)23-19(26)22-16-10-9-13(20)12-15(16)21/h4-5,7-10,12H,2-3,6,11H2,1H3,(H2,22,23,24,26). The Balaban J connectivity index is 1.99. The summed E-state index contributed by atoms with van der Waals surface area (Å²) in [6.45, 7) is 2.70. The van der Waals surface area contributed by atoms with Gasteiger partial charge in [-0.2, -0.15) is 0 Å². The molecule has 138 valence electrons. The van der Waals surface area contributed by atoms with Gasteiger partial charge in [-0.3, -0.25) is 10.1 Å². The number of halogens is 2. The number of thiocarbonyl (C=S) groups is 1. The van der Waals surface area contributed by atoms with Crippen molar-refractivity contribution in [3.05, 3.63) is 58.1 Å². The lowest BCUT2D eigenvalue weighted by Crippen LogP contribution is -2.34. The Morgan fingerprint density at radius 3 is 2.65 bits per heavy atom. The molecular weight excluding hydrogens is 391 g/mol. The maximum absolute atomic E-state index is 12.5. The molecule has 2 N–H and O–H groups in total. The second kappa shape index (κ2) is 10.4. The smallest absolute Gasteiger partial charge is 0.261 e.